The molecule has 3 N–H and O–H groups in total. The largest absolute Gasteiger partial charge is 0.492 e. The molecule has 10 nitrogen and oxygen atoms in total. The Balaban J connectivity index is 2.17. The molecule has 1 aromatic carbocycles. The number of nitrogens with zero attached hydrogens (tertiary/aromatic N) is 2. The summed E-state index contributed by atoms with van der Waals surface area (Å²) in [6.07, 6.45) is 0.671. The molecule has 1 saturated heterocycles. The van der Waals surface area contributed by atoms with Crippen LogP contribution in [-0.2, 0) is 25.0 Å². The third-order valence-electron chi connectivity index (χ3n) is 4.45. The van der Waals surface area contributed by atoms with Gasteiger partial charge in [0.2, 0.25) is 15.9 Å². The number of sulfonamides is 1. The summed E-state index contributed by atoms with van der Waals surface area (Å²) in [6, 6.07) is 4.42. The van der Waals surface area contributed by atoms with Gasteiger partial charge >= 0.3 is 0 Å². The van der Waals surface area contributed by atoms with Gasteiger partial charge in [0, 0.05) is 38.8 Å². The maximum atomic E-state index is 12.6. The summed E-state index contributed by atoms with van der Waals surface area (Å²) < 4.78 is 55.4. The van der Waals surface area contributed by atoms with Crippen LogP contribution >= 0.6 is 0 Å². The summed E-state index contributed by atoms with van der Waals surface area (Å²) in [5.41, 5.74) is 0.322. The molecule has 1 heterocycles. The number of hydrogen-bond acceptors (Lipinski definition) is 6. The normalized spacial score (nSPS) is 16.9. The number of hydrogen-bond donors (Lipinski definition) is 2. The molecular weight excluding hydrogens is 408 g/mol. The second-order valence-corrected chi connectivity index (χ2v) is 10.3. The fraction of sp³-hybridized carbons (Fsp3) is 0.562. The van der Waals surface area contributed by atoms with Crippen molar-refractivity contribution < 1.29 is 26.4 Å². The second-order valence-electron chi connectivity index (χ2n) is 6.59. The molecule has 0 spiro atoms. The number of amides is 1. The molecule has 0 aliphatic carbocycles. The molecule has 1 amide bonds. The average Bonchev–Trinajstić information content (AvgIpc) is 2.62. The molecule has 2 rings (SSSR count). The lowest BCUT2D eigenvalue weighted by Gasteiger charge is -2.29. The molecule has 0 saturated carbocycles. The third-order valence-corrected chi connectivity index (χ3v) is 7.38. The Morgan fingerprint density at radius 2 is 1.86 bits per heavy atom. The van der Waals surface area contributed by atoms with Gasteiger partial charge < -0.3 is 10.1 Å². The van der Waals surface area contributed by atoms with Crippen molar-refractivity contribution in [1.82, 2.24) is 8.61 Å². The van der Waals surface area contributed by atoms with Crippen LogP contribution in [-0.4, -0.2) is 65.1 Å². The molecule has 0 unspecified atom stereocenters. The maximum Gasteiger partial charge on any atom is 0.276 e. The highest BCUT2D eigenvalue weighted by molar-refractivity contribution is 7.89. The monoisotopic (exact) mass is 434 g/mol. The van der Waals surface area contributed by atoms with Crippen molar-refractivity contribution in [3.63, 3.8) is 0 Å². The zero-order valence-electron chi connectivity index (χ0n) is 16.1. The molecule has 28 heavy (non-hydrogen) atoms. The summed E-state index contributed by atoms with van der Waals surface area (Å²) in [6.45, 7) is 2.38. The number of nitrogens with one attached hydrogen (secondary N) is 1. The number of nitrogens with two attached hydrogens (primary N) is 1. The molecule has 1 aromatic rings. The molecule has 158 valence electrons. The summed E-state index contributed by atoms with van der Waals surface area (Å²) in [5, 5.41) is 7.81. The van der Waals surface area contributed by atoms with Gasteiger partial charge in [-0.2, -0.15) is 12.7 Å². The fourth-order valence-corrected chi connectivity index (χ4v) is 4.65. The highest BCUT2D eigenvalue weighted by atomic mass is 32.2. The van der Waals surface area contributed by atoms with Crippen LogP contribution in [0.3, 0.4) is 0 Å². The summed E-state index contributed by atoms with van der Waals surface area (Å²) in [4.78, 5) is 12.5. The van der Waals surface area contributed by atoms with Gasteiger partial charge in [-0.3, -0.25) is 4.79 Å². The van der Waals surface area contributed by atoms with E-state index in [1.807, 2.05) is 0 Å². The van der Waals surface area contributed by atoms with E-state index in [2.05, 4.69) is 5.32 Å². The van der Waals surface area contributed by atoms with Crippen molar-refractivity contribution in [3.8, 4) is 5.75 Å². The number of carbonyl (C=O) groups excluding carboxylic acids is 1. The van der Waals surface area contributed by atoms with Crippen LogP contribution < -0.4 is 15.2 Å². The van der Waals surface area contributed by atoms with Crippen LogP contribution in [0.25, 0.3) is 0 Å². The Bertz CT molecular complexity index is 922. The van der Waals surface area contributed by atoms with Crippen LogP contribution in [0, 0.1) is 5.92 Å². The molecule has 12 heteroatoms. The van der Waals surface area contributed by atoms with Crippen molar-refractivity contribution in [2.24, 2.45) is 11.1 Å². The molecule has 0 bridgehead atoms. The van der Waals surface area contributed by atoms with Gasteiger partial charge in [-0.15, -0.1) is 0 Å². The highest BCUT2D eigenvalue weighted by Crippen LogP contribution is 2.30. The van der Waals surface area contributed by atoms with Crippen LogP contribution in [0.5, 0.6) is 5.75 Å². The van der Waals surface area contributed by atoms with E-state index in [9.17, 15) is 21.6 Å². The smallest absolute Gasteiger partial charge is 0.276 e. The third kappa shape index (κ3) is 5.20. The molecule has 0 aromatic heterocycles. The first kappa shape index (κ1) is 22.6. The Morgan fingerprint density at radius 1 is 1.25 bits per heavy atom. The van der Waals surface area contributed by atoms with Crippen molar-refractivity contribution in [3.05, 3.63) is 18.2 Å². The minimum Gasteiger partial charge on any atom is -0.492 e. The van der Waals surface area contributed by atoms with Gasteiger partial charge in [-0.25, -0.2) is 17.9 Å². The second kappa shape index (κ2) is 8.74. The van der Waals surface area contributed by atoms with Gasteiger partial charge in [-0.05, 0) is 38.0 Å². The van der Waals surface area contributed by atoms with Crippen molar-refractivity contribution in [2.75, 3.05) is 39.1 Å². The first-order valence-electron chi connectivity index (χ1n) is 8.75. The van der Waals surface area contributed by atoms with Gasteiger partial charge in [0.1, 0.15) is 10.6 Å². The first-order valence-corrected chi connectivity index (χ1v) is 11.7. The molecule has 1 aliphatic rings. The standard InChI is InChI=1S/C16H26N4O6S2/c1-4-26-14-6-5-13(11-15(14)27(22,23)19(2)3)18-16(21)12-7-9-20(10-8-12)28(17,24)25/h5-6,11-12H,4,7-10H2,1-3H3,(H,18,21)(H2,17,24,25). The van der Waals surface area contributed by atoms with Gasteiger partial charge in [0.05, 0.1) is 6.61 Å². The summed E-state index contributed by atoms with van der Waals surface area (Å²) >= 11 is 0. The van der Waals surface area contributed by atoms with E-state index in [-0.39, 0.29) is 29.6 Å². The van der Waals surface area contributed by atoms with Crippen LogP contribution in [0.4, 0.5) is 5.69 Å². The topological polar surface area (TPSA) is 139 Å². The van der Waals surface area contributed by atoms with E-state index >= 15 is 0 Å². The lowest BCUT2D eigenvalue weighted by Crippen LogP contribution is -2.44. The van der Waals surface area contributed by atoms with E-state index in [0.29, 0.717) is 25.1 Å². The quantitative estimate of drug-likeness (QED) is 0.628. The number of carbonyl (C=O) groups is 1. The number of piperidine rings is 1. The molecule has 1 fully saturated rings. The lowest BCUT2D eigenvalue weighted by atomic mass is 9.97. The van der Waals surface area contributed by atoms with Crippen LogP contribution in [0.15, 0.2) is 23.1 Å². The zero-order valence-corrected chi connectivity index (χ0v) is 17.7. The molecule has 0 atom stereocenters. The lowest BCUT2D eigenvalue weighted by molar-refractivity contribution is -0.120. The number of ether oxygens (including phenoxy) is 1. The predicted molar refractivity (Wildman–Crippen MR) is 105 cm³/mol. The van der Waals surface area contributed by atoms with Crippen LogP contribution in [0.2, 0.25) is 0 Å². The number of benzene rings is 1. The van der Waals surface area contributed by atoms with E-state index in [0.717, 1.165) is 8.61 Å². The number of rotatable bonds is 7. The van der Waals surface area contributed by atoms with E-state index in [4.69, 9.17) is 9.88 Å². The summed E-state index contributed by atoms with van der Waals surface area (Å²) in [7, 11) is -4.70. The van der Waals surface area contributed by atoms with E-state index < -0.39 is 26.2 Å². The van der Waals surface area contributed by atoms with E-state index in [1.165, 1.54) is 26.2 Å². The van der Waals surface area contributed by atoms with E-state index in [1.54, 1.807) is 13.0 Å². The van der Waals surface area contributed by atoms with Crippen molar-refractivity contribution in [1.29, 1.82) is 0 Å². The maximum absolute atomic E-state index is 12.6. The zero-order chi connectivity index (χ0) is 21.1. The molecule has 0 radical (unpaired) electrons. The summed E-state index contributed by atoms with van der Waals surface area (Å²) in [5.74, 6) is -0.486. The SMILES string of the molecule is CCOc1ccc(NC(=O)C2CCN(S(N)(=O)=O)CC2)cc1S(=O)(=O)N(C)C. The Morgan fingerprint density at radius 3 is 2.36 bits per heavy atom. The minimum atomic E-state index is -3.77. The molecule has 1 aliphatic heterocycles. The highest BCUT2D eigenvalue weighted by Gasteiger charge is 2.30. The Kier molecular flexibility index (Phi) is 7.04. The average molecular weight is 435 g/mol. The number of anilines is 1. The van der Waals surface area contributed by atoms with Crippen LogP contribution in [0.1, 0.15) is 19.8 Å². The van der Waals surface area contributed by atoms with Gasteiger partial charge in [0.25, 0.3) is 10.2 Å². The van der Waals surface area contributed by atoms with Crippen molar-refractivity contribution >= 4 is 31.8 Å². The predicted octanol–water partition coefficient (Wildman–Crippen LogP) is 0.190. The molecular formula is C16H26N4O6S2. The van der Waals surface area contributed by atoms with Gasteiger partial charge in [-0.1, -0.05) is 0 Å². The first-order chi connectivity index (χ1) is 13.0. The fourth-order valence-electron chi connectivity index (χ4n) is 2.88. The van der Waals surface area contributed by atoms with Gasteiger partial charge in [0.15, 0.2) is 0 Å². The van der Waals surface area contributed by atoms with Crippen molar-refractivity contribution in [2.45, 2.75) is 24.7 Å². The Hall–Kier alpha value is -1.73. The minimum absolute atomic E-state index is 0.0406. The Labute approximate surface area is 165 Å².